The minimum Gasteiger partial charge on any atom is -0.317 e. The lowest BCUT2D eigenvalue weighted by Crippen LogP contribution is -2.31. The van der Waals surface area contributed by atoms with Gasteiger partial charge < -0.3 is 9.88 Å². The van der Waals surface area contributed by atoms with Gasteiger partial charge in [-0.1, -0.05) is 38.1 Å². The number of rotatable bonds is 4. The van der Waals surface area contributed by atoms with Crippen molar-refractivity contribution in [2.45, 2.75) is 46.3 Å². The van der Waals surface area contributed by atoms with Gasteiger partial charge in [0, 0.05) is 12.6 Å². The quantitative estimate of drug-likeness (QED) is 0.929. The Hall–Kier alpha value is -1.68. The third kappa shape index (κ3) is 2.24. The smallest absolute Gasteiger partial charge is 0.146 e. The van der Waals surface area contributed by atoms with E-state index in [1.54, 1.807) is 6.33 Å². The molecule has 1 atom stereocenters. The molecule has 0 saturated carbocycles. The SMILES string of the molecule is CCn1cnnc1CNC1c2ccccc2CC1(C)C. The van der Waals surface area contributed by atoms with Crippen molar-refractivity contribution < 1.29 is 0 Å². The van der Waals surface area contributed by atoms with Crippen molar-refractivity contribution in [3.63, 3.8) is 0 Å². The summed E-state index contributed by atoms with van der Waals surface area (Å²) in [5.74, 6) is 1.01. The molecule has 0 spiro atoms. The first kappa shape index (κ1) is 13.3. The summed E-state index contributed by atoms with van der Waals surface area (Å²) in [5, 5.41) is 11.9. The Bertz CT molecular complexity index is 600. The largest absolute Gasteiger partial charge is 0.317 e. The van der Waals surface area contributed by atoms with E-state index >= 15 is 0 Å². The fraction of sp³-hybridized carbons (Fsp3) is 0.500. The van der Waals surface area contributed by atoms with Crippen molar-refractivity contribution in [3.8, 4) is 0 Å². The third-order valence-corrected chi connectivity index (χ3v) is 4.29. The third-order valence-electron chi connectivity index (χ3n) is 4.29. The van der Waals surface area contributed by atoms with Gasteiger partial charge in [0.1, 0.15) is 12.2 Å². The number of nitrogens with zero attached hydrogens (tertiary/aromatic N) is 3. The summed E-state index contributed by atoms with van der Waals surface area (Å²) in [6, 6.07) is 9.12. The molecule has 1 aromatic heterocycles. The molecule has 1 aromatic carbocycles. The molecule has 20 heavy (non-hydrogen) atoms. The van der Waals surface area contributed by atoms with Crippen LogP contribution in [0.25, 0.3) is 0 Å². The lowest BCUT2D eigenvalue weighted by Gasteiger charge is -2.28. The first-order valence-corrected chi connectivity index (χ1v) is 7.29. The predicted molar refractivity (Wildman–Crippen MR) is 79.2 cm³/mol. The lowest BCUT2D eigenvalue weighted by atomic mass is 9.85. The van der Waals surface area contributed by atoms with E-state index in [4.69, 9.17) is 0 Å². The average molecular weight is 270 g/mol. The van der Waals surface area contributed by atoms with E-state index < -0.39 is 0 Å². The maximum atomic E-state index is 4.20. The Morgan fingerprint density at radius 1 is 1.35 bits per heavy atom. The summed E-state index contributed by atoms with van der Waals surface area (Å²) in [6.07, 6.45) is 2.92. The zero-order chi connectivity index (χ0) is 14.2. The molecule has 4 heteroatoms. The van der Waals surface area contributed by atoms with E-state index in [-0.39, 0.29) is 5.41 Å². The Morgan fingerprint density at radius 2 is 2.15 bits per heavy atom. The highest BCUT2D eigenvalue weighted by Crippen LogP contribution is 2.44. The van der Waals surface area contributed by atoms with Crippen LogP contribution in [-0.4, -0.2) is 14.8 Å². The van der Waals surface area contributed by atoms with Crippen LogP contribution >= 0.6 is 0 Å². The van der Waals surface area contributed by atoms with Crippen LogP contribution in [0.2, 0.25) is 0 Å². The lowest BCUT2D eigenvalue weighted by molar-refractivity contribution is 0.265. The van der Waals surface area contributed by atoms with Crippen molar-refractivity contribution >= 4 is 0 Å². The Balaban J connectivity index is 1.80. The number of benzene rings is 1. The van der Waals surface area contributed by atoms with Crippen molar-refractivity contribution in [1.29, 1.82) is 0 Å². The first-order valence-electron chi connectivity index (χ1n) is 7.29. The summed E-state index contributed by atoms with van der Waals surface area (Å²) >= 11 is 0. The highest BCUT2D eigenvalue weighted by molar-refractivity contribution is 5.37. The number of hydrogen-bond acceptors (Lipinski definition) is 3. The van der Waals surface area contributed by atoms with E-state index in [2.05, 4.69) is 65.1 Å². The first-order chi connectivity index (χ1) is 9.62. The molecule has 2 aromatic rings. The molecule has 1 heterocycles. The van der Waals surface area contributed by atoms with Crippen molar-refractivity contribution in [2.75, 3.05) is 0 Å². The molecule has 0 radical (unpaired) electrons. The van der Waals surface area contributed by atoms with Crippen LogP contribution in [0.1, 0.15) is 43.8 Å². The molecule has 0 amide bonds. The zero-order valence-corrected chi connectivity index (χ0v) is 12.4. The van der Waals surface area contributed by atoms with E-state index in [0.717, 1.165) is 25.3 Å². The summed E-state index contributed by atoms with van der Waals surface area (Å²) in [4.78, 5) is 0. The summed E-state index contributed by atoms with van der Waals surface area (Å²) in [5.41, 5.74) is 3.13. The van der Waals surface area contributed by atoms with Gasteiger partial charge in [0.2, 0.25) is 0 Å². The average Bonchev–Trinajstić information content (AvgIpc) is 2.96. The van der Waals surface area contributed by atoms with E-state index in [0.29, 0.717) is 6.04 Å². The predicted octanol–water partition coefficient (Wildman–Crippen LogP) is 2.71. The number of nitrogens with one attached hydrogen (secondary N) is 1. The highest BCUT2D eigenvalue weighted by Gasteiger charge is 2.38. The normalized spacial score (nSPS) is 20.1. The minimum atomic E-state index is 0.237. The molecule has 0 saturated heterocycles. The van der Waals surface area contributed by atoms with E-state index in [1.165, 1.54) is 11.1 Å². The topological polar surface area (TPSA) is 42.7 Å². The molecular weight excluding hydrogens is 248 g/mol. The zero-order valence-electron chi connectivity index (χ0n) is 12.4. The van der Waals surface area contributed by atoms with Gasteiger partial charge in [0.05, 0.1) is 6.54 Å². The molecule has 1 aliphatic rings. The van der Waals surface area contributed by atoms with E-state index in [9.17, 15) is 0 Å². The molecule has 0 fully saturated rings. The highest BCUT2D eigenvalue weighted by atomic mass is 15.3. The molecular formula is C16H22N4. The van der Waals surface area contributed by atoms with Crippen molar-refractivity contribution in [2.24, 2.45) is 5.41 Å². The fourth-order valence-corrected chi connectivity index (χ4v) is 3.25. The van der Waals surface area contributed by atoms with E-state index in [1.807, 2.05) is 0 Å². The van der Waals surface area contributed by atoms with Gasteiger partial charge in [0.15, 0.2) is 0 Å². The maximum absolute atomic E-state index is 4.20. The van der Waals surface area contributed by atoms with Crippen LogP contribution < -0.4 is 5.32 Å². The minimum absolute atomic E-state index is 0.237. The van der Waals surface area contributed by atoms with Gasteiger partial charge in [0.25, 0.3) is 0 Å². The summed E-state index contributed by atoms with van der Waals surface area (Å²) in [6.45, 7) is 8.44. The number of aryl methyl sites for hydroxylation is 1. The fourth-order valence-electron chi connectivity index (χ4n) is 3.25. The molecule has 3 rings (SSSR count). The van der Waals surface area contributed by atoms with Gasteiger partial charge in [-0.3, -0.25) is 0 Å². The van der Waals surface area contributed by atoms with Crippen LogP contribution in [0.3, 0.4) is 0 Å². The molecule has 106 valence electrons. The Labute approximate surface area is 120 Å². The monoisotopic (exact) mass is 270 g/mol. The molecule has 0 aliphatic heterocycles. The second-order valence-electron chi connectivity index (χ2n) is 6.21. The summed E-state index contributed by atoms with van der Waals surface area (Å²) in [7, 11) is 0. The molecule has 0 bridgehead atoms. The second kappa shape index (κ2) is 5.02. The second-order valence-corrected chi connectivity index (χ2v) is 6.21. The Morgan fingerprint density at radius 3 is 2.95 bits per heavy atom. The number of aromatic nitrogens is 3. The molecule has 1 aliphatic carbocycles. The van der Waals surface area contributed by atoms with Gasteiger partial charge in [-0.25, -0.2) is 0 Å². The standard InChI is InChI=1S/C16H22N4/c1-4-20-11-18-19-14(20)10-17-15-13-8-6-5-7-12(13)9-16(15,2)3/h5-8,11,15,17H,4,9-10H2,1-3H3. The van der Waals surface area contributed by atoms with Crippen LogP contribution in [0.15, 0.2) is 30.6 Å². The van der Waals surface area contributed by atoms with Gasteiger partial charge in [-0.15, -0.1) is 10.2 Å². The molecule has 1 N–H and O–H groups in total. The van der Waals surface area contributed by atoms with Gasteiger partial charge in [-0.05, 0) is 29.9 Å². The van der Waals surface area contributed by atoms with Crippen molar-refractivity contribution in [3.05, 3.63) is 47.5 Å². The molecule has 4 nitrogen and oxygen atoms in total. The maximum Gasteiger partial charge on any atom is 0.146 e. The summed E-state index contributed by atoms with van der Waals surface area (Å²) < 4.78 is 2.08. The van der Waals surface area contributed by atoms with Gasteiger partial charge >= 0.3 is 0 Å². The van der Waals surface area contributed by atoms with Crippen LogP contribution in [-0.2, 0) is 19.5 Å². The number of fused-ring (bicyclic) bond motifs is 1. The van der Waals surface area contributed by atoms with Crippen LogP contribution in [0, 0.1) is 5.41 Å². The van der Waals surface area contributed by atoms with Crippen LogP contribution in [0.5, 0.6) is 0 Å². The number of hydrogen-bond donors (Lipinski definition) is 1. The van der Waals surface area contributed by atoms with Crippen LogP contribution in [0.4, 0.5) is 0 Å². The van der Waals surface area contributed by atoms with Crippen molar-refractivity contribution in [1.82, 2.24) is 20.1 Å². The van der Waals surface area contributed by atoms with Gasteiger partial charge in [-0.2, -0.15) is 0 Å². The molecule has 1 unspecified atom stereocenters. The Kier molecular flexibility index (Phi) is 3.34.